The van der Waals surface area contributed by atoms with Gasteiger partial charge in [0.1, 0.15) is 12.1 Å². The average molecular weight is 374 g/mol. The van der Waals surface area contributed by atoms with Crippen molar-refractivity contribution in [2.75, 3.05) is 0 Å². The summed E-state index contributed by atoms with van der Waals surface area (Å²) in [7, 11) is 0. The predicted octanol–water partition coefficient (Wildman–Crippen LogP) is -1.68. The molecule has 0 bridgehead atoms. The van der Waals surface area contributed by atoms with E-state index in [1.54, 1.807) is 0 Å². The molecule has 7 N–H and O–H groups in total. The van der Waals surface area contributed by atoms with E-state index in [4.69, 9.17) is 10.8 Å². The summed E-state index contributed by atoms with van der Waals surface area (Å²) >= 11 is 0. The van der Waals surface area contributed by atoms with Crippen LogP contribution in [0.3, 0.4) is 0 Å². The molecule has 0 spiro atoms. The molecule has 0 aliphatic heterocycles. The van der Waals surface area contributed by atoms with Gasteiger partial charge < -0.3 is 31.9 Å². The first-order valence-corrected chi connectivity index (χ1v) is 8.44. The van der Waals surface area contributed by atoms with Gasteiger partial charge in [-0.1, -0.05) is 13.8 Å². The van der Waals surface area contributed by atoms with Gasteiger partial charge in [0, 0.05) is 0 Å². The number of hydrogen-bond donors (Lipinski definition) is 6. The minimum Gasteiger partial charge on any atom is -0.480 e. The number of nitrogens with one attached hydrogen (secondary N) is 3. The molecule has 150 valence electrons. The van der Waals surface area contributed by atoms with E-state index in [2.05, 4.69) is 16.0 Å². The molecule has 0 aliphatic carbocycles. The third-order valence-electron chi connectivity index (χ3n) is 3.61. The largest absolute Gasteiger partial charge is 0.480 e. The Labute approximate surface area is 152 Å². The van der Waals surface area contributed by atoms with Gasteiger partial charge in [0.2, 0.25) is 17.7 Å². The summed E-state index contributed by atoms with van der Waals surface area (Å²) in [5.41, 5.74) is 5.74. The van der Waals surface area contributed by atoms with Gasteiger partial charge in [-0.05, 0) is 33.1 Å². The summed E-state index contributed by atoms with van der Waals surface area (Å²) < 4.78 is 0. The van der Waals surface area contributed by atoms with Crippen molar-refractivity contribution in [2.24, 2.45) is 11.7 Å². The maximum Gasteiger partial charge on any atom is 0.328 e. The number of carbonyl (C=O) groups is 4. The zero-order valence-electron chi connectivity index (χ0n) is 15.8. The summed E-state index contributed by atoms with van der Waals surface area (Å²) in [5, 5.41) is 25.3. The van der Waals surface area contributed by atoms with E-state index < -0.39 is 54.0 Å². The van der Waals surface area contributed by atoms with Crippen molar-refractivity contribution < 1.29 is 29.4 Å². The van der Waals surface area contributed by atoms with Gasteiger partial charge in [-0.2, -0.15) is 0 Å². The molecule has 0 aliphatic rings. The van der Waals surface area contributed by atoms with E-state index in [1.807, 2.05) is 13.8 Å². The number of aliphatic hydroxyl groups is 1. The van der Waals surface area contributed by atoms with Crippen molar-refractivity contribution in [1.82, 2.24) is 16.0 Å². The maximum atomic E-state index is 12.1. The molecule has 0 heterocycles. The smallest absolute Gasteiger partial charge is 0.328 e. The Morgan fingerprint density at radius 3 is 1.65 bits per heavy atom. The fourth-order valence-corrected chi connectivity index (χ4v) is 2.07. The number of aliphatic hydroxyl groups excluding tert-OH is 1. The Morgan fingerprint density at radius 2 is 1.27 bits per heavy atom. The number of aliphatic carboxylic acids is 1. The van der Waals surface area contributed by atoms with E-state index in [0.29, 0.717) is 6.42 Å². The molecule has 5 atom stereocenters. The Hall–Kier alpha value is -2.20. The maximum absolute atomic E-state index is 12.1. The molecule has 10 nitrogen and oxygen atoms in total. The van der Waals surface area contributed by atoms with E-state index in [0.717, 1.165) is 0 Å². The molecular weight excluding hydrogens is 344 g/mol. The summed E-state index contributed by atoms with van der Waals surface area (Å²) in [6.45, 7) is 7.85. The van der Waals surface area contributed by atoms with Gasteiger partial charge >= 0.3 is 5.97 Å². The van der Waals surface area contributed by atoms with Crippen LogP contribution in [0.5, 0.6) is 0 Å². The van der Waals surface area contributed by atoms with Crippen LogP contribution in [0.2, 0.25) is 0 Å². The zero-order valence-corrected chi connectivity index (χ0v) is 15.8. The van der Waals surface area contributed by atoms with Crippen molar-refractivity contribution in [2.45, 2.75) is 71.3 Å². The molecule has 10 heteroatoms. The Balaban J connectivity index is 4.62. The number of carboxylic acid groups (broad SMARTS) is 1. The SMILES string of the molecule is CC(C)C[C@H](N)C(=O)N[C@@H](C)C(=O)N[C@@H](C)C(=O)N[C@H](C(=O)O)[C@@H](C)O. The van der Waals surface area contributed by atoms with E-state index >= 15 is 0 Å². The summed E-state index contributed by atoms with van der Waals surface area (Å²) in [6, 6.07) is -4.23. The molecule has 0 fully saturated rings. The minimum absolute atomic E-state index is 0.222. The average Bonchev–Trinajstić information content (AvgIpc) is 2.50. The van der Waals surface area contributed by atoms with Crippen molar-refractivity contribution in [1.29, 1.82) is 0 Å². The van der Waals surface area contributed by atoms with Gasteiger partial charge in [-0.15, -0.1) is 0 Å². The van der Waals surface area contributed by atoms with Gasteiger partial charge in [-0.3, -0.25) is 14.4 Å². The van der Waals surface area contributed by atoms with Crippen LogP contribution in [0.15, 0.2) is 0 Å². The fourth-order valence-electron chi connectivity index (χ4n) is 2.07. The van der Waals surface area contributed by atoms with Crippen LogP contribution in [-0.2, 0) is 19.2 Å². The monoisotopic (exact) mass is 374 g/mol. The van der Waals surface area contributed by atoms with Crippen LogP contribution >= 0.6 is 0 Å². The van der Waals surface area contributed by atoms with Crippen LogP contribution in [0.1, 0.15) is 41.0 Å². The number of carbonyl (C=O) groups excluding carboxylic acids is 3. The topological polar surface area (TPSA) is 171 Å². The highest BCUT2D eigenvalue weighted by molar-refractivity contribution is 5.93. The number of rotatable bonds is 10. The van der Waals surface area contributed by atoms with Crippen molar-refractivity contribution in [3.63, 3.8) is 0 Å². The van der Waals surface area contributed by atoms with Crippen LogP contribution in [0.25, 0.3) is 0 Å². The van der Waals surface area contributed by atoms with Crippen LogP contribution in [0, 0.1) is 5.92 Å². The second kappa shape index (κ2) is 10.7. The summed E-state index contributed by atoms with van der Waals surface area (Å²) in [5.74, 6) is -3.05. The molecule has 3 amide bonds. The first-order valence-electron chi connectivity index (χ1n) is 8.44. The molecule has 0 aromatic heterocycles. The highest BCUT2D eigenvalue weighted by Gasteiger charge is 2.28. The van der Waals surface area contributed by atoms with Crippen LogP contribution in [0.4, 0.5) is 0 Å². The lowest BCUT2D eigenvalue weighted by Crippen LogP contribution is -2.56. The van der Waals surface area contributed by atoms with Gasteiger partial charge in [0.25, 0.3) is 0 Å². The highest BCUT2D eigenvalue weighted by atomic mass is 16.4. The van der Waals surface area contributed by atoms with Crippen LogP contribution in [-0.4, -0.2) is 64.2 Å². The number of nitrogens with two attached hydrogens (primary N) is 1. The van der Waals surface area contributed by atoms with E-state index in [-0.39, 0.29) is 5.92 Å². The molecule has 0 aromatic rings. The molecular formula is C16H30N4O6. The molecule has 0 saturated carbocycles. The quantitative estimate of drug-likeness (QED) is 0.265. The van der Waals surface area contributed by atoms with Gasteiger partial charge in [0.15, 0.2) is 6.04 Å². The number of carboxylic acids is 1. The second-order valence-corrected chi connectivity index (χ2v) is 6.76. The Kier molecular flexibility index (Phi) is 9.81. The number of hydrogen-bond acceptors (Lipinski definition) is 6. The number of amides is 3. The summed E-state index contributed by atoms with van der Waals surface area (Å²) in [6.07, 6.45) is -0.838. The van der Waals surface area contributed by atoms with Gasteiger partial charge in [-0.25, -0.2) is 4.79 Å². The fraction of sp³-hybridized carbons (Fsp3) is 0.750. The Bertz CT molecular complexity index is 523. The molecule has 0 saturated heterocycles. The van der Waals surface area contributed by atoms with Crippen molar-refractivity contribution in [3.05, 3.63) is 0 Å². The van der Waals surface area contributed by atoms with E-state index in [9.17, 15) is 24.3 Å². The lowest BCUT2D eigenvalue weighted by molar-refractivity contribution is -0.145. The predicted molar refractivity (Wildman–Crippen MR) is 93.9 cm³/mol. The van der Waals surface area contributed by atoms with Crippen molar-refractivity contribution in [3.8, 4) is 0 Å². The van der Waals surface area contributed by atoms with Crippen LogP contribution < -0.4 is 21.7 Å². The first kappa shape index (κ1) is 23.8. The molecule has 0 aromatic carbocycles. The minimum atomic E-state index is -1.49. The van der Waals surface area contributed by atoms with Gasteiger partial charge in [0.05, 0.1) is 12.1 Å². The first-order chi connectivity index (χ1) is 11.9. The van der Waals surface area contributed by atoms with Crippen molar-refractivity contribution >= 4 is 23.7 Å². The third-order valence-corrected chi connectivity index (χ3v) is 3.61. The van der Waals surface area contributed by atoms with E-state index in [1.165, 1.54) is 20.8 Å². The lowest BCUT2D eigenvalue weighted by atomic mass is 10.0. The highest BCUT2D eigenvalue weighted by Crippen LogP contribution is 2.03. The third kappa shape index (κ3) is 8.26. The molecule has 26 heavy (non-hydrogen) atoms. The second-order valence-electron chi connectivity index (χ2n) is 6.76. The molecule has 0 rings (SSSR count). The standard InChI is InChI=1S/C16H30N4O6/c1-7(2)6-11(17)15(24)19-8(3)13(22)18-9(4)14(23)20-12(10(5)21)16(25)26/h7-12,21H,6,17H2,1-5H3,(H,18,22)(H,19,24)(H,20,23)(H,25,26)/t8-,9-,10+,11-,12-/m0/s1. The molecule has 0 unspecified atom stereocenters. The normalized spacial score (nSPS) is 16.8. The lowest BCUT2D eigenvalue weighted by Gasteiger charge is -2.22. The Morgan fingerprint density at radius 1 is 0.846 bits per heavy atom. The summed E-state index contributed by atoms with van der Waals surface area (Å²) in [4.78, 5) is 46.9. The zero-order chi connectivity index (χ0) is 20.6. The molecule has 0 radical (unpaired) electrons.